The smallest absolute Gasteiger partial charge is 0.0813 e. The Balaban J connectivity index is 2.30. The van der Waals surface area contributed by atoms with Crippen molar-refractivity contribution in [2.75, 3.05) is 13.1 Å². The van der Waals surface area contributed by atoms with Gasteiger partial charge in [-0.1, -0.05) is 27.2 Å². The Bertz CT molecular complexity index is 312. The zero-order valence-electron chi connectivity index (χ0n) is 13.9. The molecule has 2 aliphatic heterocycles. The van der Waals surface area contributed by atoms with E-state index in [0.717, 1.165) is 0 Å². The van der Waals surface area contributed by atoms with Crippen molar-refractivity contribution >= 4 is 0 Å². The lowest BCUT2D eigenvalue weighted by Gasteiger charge is -2.53. The Morgan fingerprint density at radius 2 is 1.47 bits per heavy atom. The van der Waals surface area contributed by atoms with Gasteiger partial charge in [0, 0.05) is 5.54 Å². The van der Waals surface area contributed by atoms with E-state index in [-0.39, 0.29) is 11.0 Å². The van der Waals surface area contributed by atoms with Gasteiger partial charge in [0.15, 0.2) is 0 Å². The van der Waals surface area contributed by atoms with Crippen LogP contribution in [-0.2, 0) is 4.74 Å². The summed E-state index contributed by atoms with van der Waals surface area (Å²) in [7, 11) is 0. The molecule has 0 aliphatic carbocycles. The molecule has 2 aliphatic rings. The van der Waals surface area contributed by atoms with Gasteiger partial charge in [-0.15, -0.1) is 0 Å². The lowest BCUT2D eigenvalue weighted by molar-refractivity contribution is -0.173. The summed E-state index contributed by atoms with van der Waals surface area (Å²) in [6.07, 6.45) is 7.07. The third-order valence-corrected chi connectivity index (χ3v) is 4.70. The summed E-state index contributed by atoms with van der Waals surface area (Å²) in [5.74, 6) is 0. The number of hydrogen-bond donors (Lipinski definition) is 0. The van der Waals surface area contributed by atoms with Gasteiger partial charge in [0.05, 0.1) is 11.7 Å². The first-order chi connectivity index (χ1) is 8.65. The van der Waals surface area contributed by atoms with Crippen molar-refractivity contribution in [3.63, 3.8) is 0 Å². The standard InChI is InChI=1S/C17H33NO/c1-15(2,3)14(19-16(4,5)6)17-10-7-8-12-18(17)13-9-11-17/h14H,7-13H2,1-6H3. The quantitative estimate of drug-likeness (QED) is 0.742. The third-order valence-electron chi connectivity index (χ3n) is 4.70. The van der Waals surface area contributed by atoms with Crippen molar-refractivity contribution < 1.29 is 4.74 Å². The van der Waals surface area contributed by atoms with Gasteiger partial charge in [0.25, 0.3) is 0 Å². The second kappa shape index (κ2) is 5.04. The molecule has 2 heteroatoms. The highest BCUT2D eigenvalue weighted by atomic mass is 16.5. The molecule has 0 N–H and O–H groups in total. The summed E-state index contributed by atoms with van der Waals surface area (Å²) in [6.45, 7) is 16.2. The molecular formula is C17H33NO. The molecule has 0 aromatic rings. The SMILES string of the molecule is CC(C)(C)OC(C(C)(C)C)C12CCCCN1CCC2. The van der Waals surface area contributed by atoms with Crippen molar-refractivity contribution in [1.82, 2.24) is 4.90 Å². The lowest BCUT2D eigenvalue weighted by atomic mass is 9.71. The minimum atomic E-state index is -0.0571. The Labute approximate surface area is 119 Å². The highest BCUT2D eigenvalue weighted by molar-refractivity contribution is 5.07. The van der Waals surface area contributed by atoms with Crippen LogP contribution >= 0.6 is 0 Å². The average molecular weight is 267 g/mol. The molecule has 2 heterocycles. The van der Waals surface area contributed by atoms with E-state index in [1.807, 2.05) is 0 Å². The molecule has 0 aromatic heterocycles. The van der Waals surface area contributed by atoms with Gasteiger partial charge in [-0.3, -0.25) is 4.90 Å². The molecule has 2 fully saturated rings. The second-order valence-corrected chi connectivity index (χ2v) is 8.63. The van der Waals surface area contributed by atoms with Crippen LogP contribution in [0.3, 0.4) is 0 Å². The van der Waals surface area contributed by atoms with Crippen LogP contribution in [0, 0.1) is 5.41 Å². The molecule has 2 unspecified atom stereocenters. The minimum Gasteiger partial charge on any atom is -0.370 e. The summed E-state index contributed by atoms with van der Waals surface area (Å²) >= 11 is 0. The number of nitrogens with zero attached hydrogens (tertiary/aromatic N) is 1. The molecule has 0 bridgehead atoms. The van der Waals surface area contributed by atoms with Gasteiger partial charge >= 0.3 is 0 Å². The number of rotatable bonds is 2. The number of fused-ring (bicyclic) bond motifs is 1. The molecule has 2 nitrogen and oxygen atoms in total. The van der Waals surface area contributed by atoms with Crippen LogP contribution < -0.4 is 0 Å². The van der Waals surface area contributed by atoms with Gasteiger partial charge in [-0.25, -0.2) is 0 Å². The molecule has 2 rings (SSSR count). The summed E-state index contributed by atoms with van der Waals surface area (Å²) in [6, 6.07) is 0. The molecule has 2 saturated heterocycles. The van der Waals surface area contributed by atoms with Crippen molar-refractivity contribution in [2.45, 2.75) is 90.9 Å². The molecule has 0 amide bonds. The van der Waals surface area contributed by atoms with Crippen molar-refractivity contribution in [1.29, 1.82) is 0 Å². The summed E-state index contributed by atoms with van der Waals surface area (Å²) in [4.78, 5) is 2.75. The third kappa shape index (κ3) is 3.16. The van der Waals surface area contributed by atoms with Crippen LogP contribution in [-0.4, -0.2) is 35.2 Å². The molecule has 2 atom stereocenters. The monoisotopic (exact) mass is 267 g/mol. The van der Waals surface area contributed by atoms with Crippen LogP contribution in [0.15, 0.2) is 0 Å². The van der Waals surface area contributed by atoms with Crippen molar-refractivity contribution in [2.24, 2.45) is 5.41 Å². The maximum absolute atomic E-state index is 6.60. The zero-order valence-corrected chi connectivity index (χ0v) is 13.9. The fraction of sp³-hybridized carbons (Fsp3) is 1.00. The first kappa shape index (κ1) is 15.3. The zero-order chi connectivity index (χ0) is 14.3. The average Bonchev–Trinajstić information content (AvgIpc) is 2.67. The topological polar surface area (TPSA) is 12.5 Å². The maximum atomic E-state index is 6.60. The number of hydrogen-bond acceptors (Lipinski definition) is 2. The Morgan fingerprint density at radius 1 is 0.895 bits per heavy atom. The number of ether oxygens (including phenoxy) is 1. The highest BCUT2D eigenvalue weighted by Crippen LogP contribution is 2.47. The molecule has 0 aromatic carbocycles. The van der Waals surface area contributed by atoms with E-state index >= 15 is 0 Å². The van der Waals surface area contributed by atoms with E-state index < -0.39 is 0 Å². The van der Waals surface area contributed by atoms with Gasteiger partial charge in [-0.2, -0.15) is 0 Å². The van der Waals surface area contributed by atoms with E-state index in [1.165, 1.54) is 45.2 Å². The van der Waals surface area contributed by atoms with Crippen molar-refractivity contribution in [3.05, 3.63) is 0 Å². The van der Waals surface area contributed by atoms with Crippen LogP contribution in [0.25, 0.3) is 0 Å². The van der Waals surface area contributed by atoms with Crippen LogP contribution in [0.4, 0.5) is 0 Å². The molecule has 112 valence electrons. The van der Waals surface area contributed by atoms with E-state index in [4.69, 9.17) is 4.74 Å². The van der Waals surface area contributed by atoms with E-state index in [9.17, 15) is 0 Å². The molecule has 19 heavy (non-hydrogen) atoms. The van der Waals surface area contributed by atoms with Gasteiger partial charge in [-0.05, 0) is 65.0 Å². The Hall–Kier alpha value is -0.0800. The summed E-state index contributed by atoms with van der Waals surface area (Å²) < 4.78 is 6.60. The summed E-state index contributed by atoms with van der Waals surface area (Å²) in [5, 5.41) is 0. The normalized spacial score (nSPS) is 31.3. The van der Waals surface area contributed by atoms with Gasteiger partial charge in [0.1, 0.15) is 0 Å². The molecular weight excluding hydrogens is 234 g/mol. The predicted molar refractivity (Wildman–Crippen MR) is 81.5 cm³/mol. The maximum Gasteiger partial charge on any atom is 0.0813 e. The first-order valence-corrected chi connectivity index (χ1v) is 8.08. The molecule has 0 spiro atoms. The highest BCUT2D eigenvalue weighted by Gasteiger charge is 2.53. The van der Waals surface area contributed by atoms with Crippen molar-refractivity contribution in [3.8, 4) is 0 Å². The predicted octanol–water partition coefficient (Wildman–Crippen LogP) is 4.23. The first-order valence-electron chi connectivity index (χ1n) is 8.08. The van der Waals surface area contributed by atoms with E-state index in [2.05, 4.69) is 46.4 Å². The largest absolute Gasteiger partial charge is 0.370 e. The summed E-state index contributed by atoms with van der Waals surface area (Å²) in [5.41, 5.74) is 0.454. The van der Waals surface area contributed by atoms with Gasteiger partial charge in [0.2, 0.25) is 0 Å². The van der Waals surface area contributed by atoms with E-state index in [0.29, 0.717) is 11.6 Å². The van der Waals surface area contributed by atoms with Crippen LogP contribution in [0.2, 0.25) is 0 Å². The van der Waals surface area contributed by atoms with E-state index in [1.54, 1.807) is 0 Å². The Kier molecular flexibility index (Phi) is 4.06. The molecule has 0 saturated carbocycles. The fourth-order valence-electron chi connectivity index (χ4n) is 4.18. The second-order valence-electron chi connectivity index (χ2n) is 8.63. The van der Waals surface area contributed by atoms with Crippen LogP contribution in [0.5, 0.6) is 0 Å². The molecule has 0 radical (unpaired) electrons. The lowest BCUT2D eigenvalue weighted by Crippen LogP contribution is -2.61. The number of piperidine rings is 1. The van der Waals surface area contributed by atoms with Gasteiger partial charge < -0.3 is 4.74 Å². The Morgan fingerprint density at radius 3 is 2.05 bits per heavy atom. The fourth-order valence-corrected chi connectivity index (χ4v) is 4.18. The van der Waals surface area contributed by atoms with Crippen LogP contribution in [0.1, 0.15) is 73.6 Å². The minimum absolute atomic E-state index is 0.0571.